The monoisotopic (exact) mass is 276 g/mol. The second-order valence-electron chi connectivity index (χ2n) is 5.83. The van der Waals surface area contributed by atoms with E-state index in [1.54, 1.807) is 0 Å². The van der Waals surface area contributed by atoms with E-state index in [2.05, 4.69) is 44.2 Å². The normalized spacial score (nSPS) is 14.7. The van der Waals surface area contributed by atoms with Gasteiger partial charge in [-0.15, -0.1) is 0 Å². The van der Waals surface area contributed by atoms with Gasteiger partial charge in [-0.25, -0.2) is 0 Å². The number of ketones is 1. The number of rotatable bonds is 3. The SMILES string of the molecule is CCC(=O)c1cc2ccccc2cc1C1=CC(C)=C(C)C1. The highest BCUT2D eigenvalue weighted by Crippen LogP contribution is 2.35. The molecule has 0 aromatic heterocycles. The fourth-order valence-corrected chi connectivity index (χ4v) is 2.96. The van der Waals surface area contributed by atoms with Gasteiger partial charge in [0.25, 0.3) is 0 Å². The number of Topliss-reactive ketones (excluding diaryl/α,β-unsaturated/α-hetero) is 1. The van der Waals surface area contributed by atoms with Gasteiger partial charge < -0.3 is 0 Å². The summed E-state index contributed by atoms with van der Waals surface area (Å²) >= 11 is 0. The highest BCUT2D eigenvalue weighted by atomic mass is 16.1. The van der Waals surface area contributed by atoms with Gasteiger partial charge in [0, 0.05) is 12.0 Å². The molecular formula is C20H20O. The Balaban J connectivity index is 2.20. The maximum atomic E-state index is 12.4. The summed E-state index contributed by atoms with van der Waals surface area (Å²) in [7, 11) is 0. The Hall–Kier alpha value is -2.15. The van der Waals surface area contributed by atoms with Crippen molar-refractivity contribution >= 4 is 22.1 Å². The zero-order valence-corrected chi connectivity index (χ0v) is 12.9. The zero-order chi connectivity index (χ0) is 15.0. The second kappa shape index (κ2) is 5.33. The molecule has 0 N–H and O–H groups in total. The first-order valence-electron chi connectivity index (χ1n) is 7.53. The summed E-state index contributed by atoms with van der Waals surface area (Å²) in [6.45, 7) is 6.24. The van der Waals surface area contributed by atoms with Crippen LogP contribution in [0.25, 0.3) is 16.3 Å². The van der Waals surface area contributed by atoms with Gasteiger partial charge in [-0.1, -0.05) is 48.4 Å². The Morgan fingerprint density at radius 2 is 1.76 bits per heavy atom. The molecular weight excluding hydrogens is 256 g/mol. The minimum atomic E-state index is 0.221. The van der Waals surface area contributed by atoms with E-state index in [0.717, 1.165) is 22.9 Å². The van der Waals surface area contributed by atoms with Crippen molar-refractivity contribution in [2.24, 2.45) is 0 Å². The van der Waals surface area contributed by atoms with Crippen LogP contribution in [0.3, 0.4) is 0 Å². The third-order valence-electron chi connectivity index (χ3n) is 4.37. The van der Waals surface area contributed by atoms with Crippen molar-refractivity contribution in [1.82, 2.24) is 0 Å². The molecule has 0 heterocycles. The van der Waals surface area contributed by atoms with E-state index in [0.29, 0.717) is 6.42 Å². The molecule has 0 amide bonds. The molecule has 1 aliphatic carbocycles. The fraction of sp³-hybridized carbons (Fsp3) is 0.250. The second-order valence-corrected chi connectivity index (χ2v) is 5.83. The minimum absolute atomic E-state index is 0.221. The average Bonchev–Trinajstić information content (AvgIpc) is 2.84. The van der Waals surface area contributed by atoms with Crippen LogP contribution in [0.15, 0.2) is 53.6 Å². The number of carbonyl (C=O) groups excluding carboxylic acids is 1. The summed E-state index contributed by atoms with van der Waals surface area (Å²) in [6, 6.07) is 12.5. The van der Waals surface area contributed by atoms with Crippen molar-refractivity contribution in [2.45, 2.75) is 33.6 Å². The lowest BCUT2D eigenvalue weighted by atomic mass is 9.91. The smallest absolute Gasteiger partial charge is 0.163 e. The molecule has 0 saturated heterocycles. The average molecular weight is 276 g/mol. The molecule has 106 valence electrons. The molecule has 0 bridgehead atoms. The topological polar surface area (TPSA) is 17.1 Å². The molecule has 0 saturated carbocycles. The van der Waals surface area contributed by atoms with Crippen molar-refractivity contribution in [2.75, 3.05) is 0 Å². The number of carbonyl (C=O) groups is 1. The van der Waals surface area contributed by atoms with Crippen LogP contribution in [0.2, 0.25) is 0 Å². The molecule has 2 aromatic rings. The molecule has 0 unspecified atom stereocenters. The maximum absolute atomic E-state index is 12.4. The lowest BCUT2D eigenvalue weighted by molar-refractivity contribution is 0.0988. The van der Waals surface area contributed by atoms with E-state index in [1.807, 2.05) is 19.1 Å². The molecule has 21 heavy (non-hydrogen) atoms. The van der Waals surface area contributed by atoms with E-state index in [4.69, 9.17) is 0 Å². The van der Waals surface area contributed by atoms with Crippen molar-refractivity contribution in [3.05, 3.63) is 64.7 Å². The first-order chi connectivity index (χ1) is 10.1. The van der Waals surface area contributed by atoms with Crippen LogP contribution in [-0.4, -0.2) is 5.78 Å². The molecule has 0 aliphatic heterocycles. The predicted molar refractivity (Wildman–Crippen MR) is 89.5 cm³/mol. The van der Waals surface area contributed by atoms with E-state index >= 15 is 0 Å². The van der Waals surface area contributed by atoms with Crippen molar-refractivity contribution < 1.29 is 4.79 Å². The first-order valence-corrected chi connectivity index (χ1v) is 7.53. The third-order valence-corrected chi connectivity index (χ3v) is 4.37. The van der Waals surface area contributed by atoms with E-state index in [-0.39, 0.29) is 5.78 Å². The van der Waals surface area contributed by atoms with Crippen molar-refractivity contribution in [3.8, 4) is 0 Å². The fourth-order valence-electron chi connectivity index (χ4n) is 2.96. The predicted octanol–water partition coefficient (Wildman–Crippen LogP) is 5.56. The van der Waals surface area contributed by atoms with Gasteiger partial charge in [-0.05, 0) is 54.3 Å². The van der Waals surface area contributed by atoms with E-state index in [1.165, 1.54) is 22.1 Å². The highest BCUT2D eigenvalue weighted by Gasteiger charge is 2.18. The van der Waals surface area contributed by atoms with Crippen LogP contribution < -0.4 is 0 Å². The summed E-state index contributed by atoms with van der Waals surface area (Å²) in [4.78, 5) is 12.4. The largest absolute Gasteiger partial charge is 0.294 e. The van der Waals surface area contributed by atoms with Gasteiger partial charge in [0.05, 0.1) is 0 Å². The van der Waals surface area contributed by atoms with Crippen LogP contribution in [-0.2, 0) is 0 Å². The quantitative estimate of drug-likeness (QED) is 0.671. The summed E-state index contributed by atoms with van der Waals surface area (Å²) in [6.07, 6.45) is 3.73. The Bertz CT molecular complexity index is 791. The standard InChI is InChI=1S/C20H20O/c1-4-20(21)19-12-16-8-6-5-7-15(16)11-18(19)17-9-13(2)14(3)10-17/h5-9,11-12H,4,10H2,1-3H3. The Labute approximate surface area is 126 Å². The van der Waals surface area contributed by atoms with Gasteiger partial charge in [0.15, 0.2) is 5.78 Å². The molecule has 1 aliphatic rings. The lowest BCUT2D eigenvalue weighted by Crippen LogP contribution is -2.02. The molecule has 0 radical (unpaired) electrons. The van der Waals surface area contributed by atoms with E-state index < -0.39 is 0 Å². The molecule has 2 aromatic carbocycles. The maximum Gasteiger partial charge on any atom is 0.163 e. The first kappa shape index (κ1) is 13.8. The molecule has 3 rings (SSSR count). The lowest BCUT2D eigenvalue weighted by Gasteiger charge is -2.12. The molecule has 1 heteroatoms. The number of benzene rings is 2. The van der Waals surface area contributed by atoms with Crippen LogP contribution in [0, 0.1) is 0 Å². The molecule has 0 atom stereocenters. The summed E-state index contributed by atoms with van der Waals surface area (Å²) in [5.74, 6) is 0.221. The van der Waals surface area contributed by atoms with Gasteiger partial charge >= 0.3 is 0 Å². The van der Waals surface area contributed by atoms with Crippen LogP contribution in [0.1, 0.15) is 49.5 Å². The van der Waals surface area contributed by atoms with Crippen molar-refractivity contribution in [3.63, 3.8) is 0 Å². The van der Waals surface area contributed by atoms with Gasteiger partial charge in [-0.3, -0.25) is 4.79 Å². The number of hydrogen-bond donors (Lipinski definition) is 0. The van der Waals surface area contributed by atoms with Gasteiger partial charge in [-0.2, -0.15) is 0 Å². The summed E-state index contributed by atoms with van der Waals surface area (Å²) in [5.41, 5.74) is 5.97. The Kier molecular flexibility index (Phi) is 3.50. The molecule has 0 fully saturated rings. The minimum Gasteiger partial charge on any atom is -0.294 e. The summed E-state index contributed by atoms with van der Waals surface area (Å²) < 4.78 is 0. The van der Waals surface area contributed by atoms with Crippen molar-refractivity contribution in [1.29, 1.82) is 0 Å². The number of hydrogen-bond acceptors (Lipinski definition) is 1. The van der Waals surface area contributed by atoms with E-state index in [9.17, 15) is 4.79 Å². The molecule has 1 nitrogen and oxygen atoms in total. The molecule has 0 spiro atoms. The zero-order valence-electron chi connectivity index (χ0n) is 12.9. The third kappa shape index (κ3) is 2.44. The van der Waals surface area contributed by atoms with Crippen LogP contribution >= 0.6 is 0 Å². The highest BCUT2D eigenvalue weighted by molar-refractivity contribution is 6.05. The number of allylic oxidation sites excluding steroid dienone is 4. The Morgan fingerprint density at radius 1 is 1.10 bits per heavy atom. The number of fused-ring (bicyclic) bond motifs is 1. The summed E-state index contributed by atoms with van der Waals surface area (Å²) in [5, 5.41) is 2.33. The van der Waals surface area contributed by atoms with Gasteiger partial charge in [0.2, 0.25) is 0 Å². The van der Waals surface area contributed by atoms with Gasteiger partial charge in [0.1, 0.15) is 0 Å². The van der Waals surface area contributed by atoms with Crippen LogP contribution in [0.4, 0.5) is 0 Å². The Morgan fingerprint density at radius 3 is 2.33 bits per heavy atom. The van der Waals surface area contributed by atoms with Crippen LogP contribution in [0.5, 0.6) is 0 Å².